The largest absolute Gasteiger partial charge is 0.389 e. The Labute approximate surface area is 102 Å². The second kappa shape index (κ2) is 6.64. The maximum Gasteiger partial charge on any atom is 0.0765 e. The van der Waals surface area contributed by atoms with Crippen LogP contribution in [0.1, 0.15) is 32.0 Å². The molecule has 0 amide bonds. The van der Waals surface area contributed by atoms with Crippen molar-refractivity contribution in [1.29, 1.82) is 0 Å². The molecule has 2 unspecified atom stereocenters. The zero-order chi connectivity index (χ0) is 12.7. The van der Waals surface area contributed by atoms with Gasteiger partial charge < -0.3 is 15.2 Å². The van der Waals surface area contributed by atoms with Gasteiger partial charge in [-0.15, -0.1) is 0 Å². The van der Waals surface area contributed by atoms with Gasteiger partial charge in [-0.3, -0.25) is 9.97 Å². The van der Waals surface area contributed by atoms with Crippen LogP contribution in [-0.2, 0) is 4.74 Å². The van der Waals surface area contributed by atoms with E-state index in [0.29, 0.717) is 19.6 Å². The molecular weight excluding hydrogens is 218 g/mol. The summed E-state index contributed by atoms with van der Waals surface area (Å²) in [5.74, 6) is 0. The molecule has 0 saturated carbocycles. The first-order chi connectivity index (χ1) is 8.05. The summed E-state index contributed by atoms with van der Waals surface area (Å²) in [7, 11) is 1.63. The first-order valence-electron chi connectivity index (χ1n) is 5.76. The Morgan fingerprint density at radius 1 is 1.53 bits per heavy atom. The molecule has 96 valence electrons. The van der Waals surface area contributed by atoms with E-state index in [4.69, 9.17) is 4.74 Å². The van der Waals surface area contributed by atoms with E-state index < -0.39 is 5.60 Å². The van der Waals surface area contributed by atoms with E-state index in [1.165, 1.54) is 0 Å². The molecule has 0 saturated heterocycles. The van der Waals surface area contributed by atoms with Crippen molar-refractivity contribution in [3.8, 4) is 0 Å². The van der Waals surface area contributed by atoms with Crippen molar-refractivity contribution in [2.45, 2.75) is 31.9 Å². The molecule has 17 heavy (non-hydrogen) atoms. The van der Waals surface area contributed by atoms with Gasteiger partial charge in [-0.05, 0) is 13.8 Å². The number of hydrogen-bond acceptors (Lipinski definition) is 5. The molecule has 0 aromatic carbocycles. The van der Waals surface area contributed by atoms with Gasteiger partial charge in [0, 0.05) is 51.3 Å². The van der Waals surface area contributed by atoms with Gasteiger partial charge in [-0.1, -0.05) is 0 Å². The number of nitrogens with zero attached hydrogens (tertiary/aromatic N) is 2. The summed E-state index contributed by atoms with van der Waals surface area (Å²) in [5.41, 5.74) is 0.0991. The fourth-order valence-corrected chi connectivity index (χ4v) is 1.42. The molecule has 0 aliphatic rings. The molecule has 1 heterocycles. The fraction of sp³-hybridized carbons (Fsp3) is 0.667. The molecule has 0 fully saturated rings. The maximum absolute atomic E-state index is 10.1. The normalized spacial score (nSPS) is 16.5. The van der Waals surface area contributed by atoms with E-state index in [0.717, 1.165) is 5.69 Å². The summed E-state index contributed by atoms with van der Waals surface area (Å²) >= 11 is 0. The predicted molar refractivity (Wildman–Crippen MR) is 65.6 cm³/mol. The zero-order valence-corrected chi connectivity index (χ0v) is 10.7. The number of methoxy groups -OCH3 is 1. The maximum atomic E-state index is 10.1. The smallest absolute Gasteiger partial charge is 0.0765 e. The average molecular weight is 239 g/mol. The molecule has 2 N–H and O–H groups in total. The van der Waals surface area contributed by atoms with Crippen LogP contribution < -0.4 is 5.32 Å². The lowest BCUT2D eigenvalue weighted by molar-refractivity contribution is 0.0230. The molecular formula is C12H21N3O2. The number of nitrogens with one attached hydrogen (secondary N) is 1. The summed E-state index contributed by atoms with van der Waals surface area (Å²) < 4.78 is 4.96. The molecule has 0 aliphatic carbocycles. The van der Waals surface area contributed by atoms with E-state index >= 15 is 0 Å². The van der Waals surface area contributed by atoms with Crippen molar-refractivity contribution in [3.63, 3.8) is 0 Å². The highest BCUT2D eigenvalue weighted by molar-refractivity contribution is 5.00. The van der Waals surface area contributed by atoms with Crippen LogP contribution in [0.2, 0.25) is 0 Å². The molecule has 1 aromatic heterocycles. The lowest BCUT2D eigenvalue weighted by atomic mass is 10.0. The molecule has 0 bridgehead atoms. The molecule has 2 atom stereocenters. The molecule has 0 radical (unpaired) electrons. The van der Waals surface area contributed by atoms with Crippen LogP contribution in [0, 0.1) is 0 Å². The minimum Gasteiger partial charge on any atom is -0.389 e. The number of rotatable bonds is 7. The summed E-state index contributed by atoms with van der Waals surface area (Å²) in [5, 5.41) is 13.3. The molecule has 0 spiro atoms. The van der Waals surface area contributed by atoms with Crippen LogP contribution in [-0.4, -0.2) is 40.9 Å². The standard InChI is InChI=1S/C12H21N3O2/c1-10(11-8-13-5-6-14-11)15-9-12(2,16)4-7-17-3/h5-6,8,10,15-16H,4,7,9H2,1-3H3. The molecule has 5 nitrogen and oxygen atoms in total. The van der Waals surface area contributed by atoms with Crippen molar-refractivity contribution >= 4 is 0 Å². The Morgan fingerprint density at radius 3 is 2.88 bits per heavy atom. The van der Waals surface area contributed by atoms with Crippen molar-refractivity contribution < 1.29 is 9.84 Å². The van der Waals surface area contributed by atoms with Crippen molar-refractivity contribution in [3.05, 3.63) is 24.3 Å². The van der Waals surface area contributed by atoms with Crippen LogP contribution >= 0.6 is 0 Å². The third-order valence-electron chi connectivity index (χ3n) is 2.66. The van der Waals surface area contributed by atoms with Crippen LogP contribution in [0.4, 0.5) is 0 Å². The van der Waals surface area contributed by atoms with Crippen LogP contribution in [0.15, 0.2) is 18.6 Å². The molecule has 1 aromatic rings. The lowest BCUT2D eigenvalue weighted by Crippen LogP contribution is -2.39. The van der Waals surface area contributed by atoms with Gasteiger partial charge in [0.2, 0.25) is 0 Å². The van der Waals surface area contributed by atoms with E-state index in [9.17, 15) is 5.11 Å². The lowest BCUT2D eigenvalue weighted by Gasteiger charge is -2.25. The number of aromatic nitrogens is 2. The van der Waals surface area contributed by atoms with E-state index in [2.05, 4.69) is 15.3 Å². The Hall–Kier alpha value is -1.04. The Morgan fingerprint density at radius 2 is 2.29 bits per heavy atom. The summed E-state index contributed by atoms with van der Waals surface area (Å²) in [4.78, 5) is 8.22. The zero-order valence-electron chi connectivity index (χ0n) is 10.7. The number of aliphatic hydroxyl groups is 1. The van der Waals surface area contributed by atoms with Crippen molar-refractivity contribution in [2.75, 3.05) is 20.3 Å². The molecule has 0 aliphatic heterocycles. The highest BCUT2D eigenvalue weighted by Gasteiger charge is 2.21. The molecule has 5 heteroatoms. The van der Waals surface area contributed by atoms with Crippen LogP contribution in [0.3, 0.4) is 0 Å². The minimum absolute atomic E-state index is 0.0673. The van der Waals surface area contributed by atoms with Gasteiger partial charge in [0.05, 0.1) is 11.3 Å². The topological polar surface area (TPSA) is 67.3 Å². The Kier molecular flexibility index (Phi) is 5.47. The number of ether oxygens (including phenoxy) is 1. The summed E-state index contributed by atoms with van der Waals surface area (Å²) in [6.45, 7) is 4.83. The monoisotopic (exact) mass is 239 g/mol. The van der Waals surface area contributed by atoms with Crippen LogP contribution in [0.25, 0.3) is 0 Å². The second-order valence-corrected chi connectivity index (χ2v) is 4.47. The molecule has 1 rings (SSSR count). The third kappa shape index (κ3) is 5.21. The first kappa shape index (κ1) is 14.0. The van der Waals surface area contributed by atoms with Gasteiger partial charge in [0.25, 0.3) is 0 Å². The first-order valence-corrected chi connectivity index (χ1v) is 5.76. The van der Waals surface area contributed by atoms with Gasteiger partial charge in [-0.2, -0.15) is 0 Å². The summed E-state index contributed by atoms with van der Waals surface area (Å²) in [6.07, 6.45) is 5.63. The van der Waals surface area contributed by atoms with Gasteiger partial charge in [-0.25, -0.2) is 0 Å². The SMILES string of the molecule is COCCC(C)(O)CNC(C)c1cnccn1. The van der Waals surface area contributed by atoms with E-state index in [-0.39, 0.29) is 6.04 Å². The highest BCUT2D eigenvalue weighted by atomic mass is 16.5. The fourth-order valence-electron chi connectivity index (χ4n) is 1.42. The quantitative estimate of drug-likeness (QED) is 0.740. The van der Waals surface area contributed by atoms with Crippen LogP contribution in [0.5, 0.6) is 0 Å². The predicted octanol–water partition coefficient (Wildman–Crippen LogP) is 0.915. The van der Waals surface area contributed by atoms with Crippen molar-refractivity contribution in [1.82, 2.24) is 15.3 Å². The van der Waals surface area contributed by atoms with Gasteiger partial charge in [0.15, 0.2) is 0 Å². The van der Waals surface area contributed by atoms with E-state index in [1.807, 2.05) is 6.92 Å². The Bertz CT molecular complexity index is 317. The average Bonchev–Trinajstić information content (AvgIpc) is 2.35. The number of hydrogen-bond donors (Lipinski definition) is 2. The van der Waals surface area contributed by atoms with Gasteiger partial charge >= 0.3 is 0 Å². The van der Waals surface area contributed by atoms with E-state index in [1.54, 1.807) is 32.6 Å². The Balaban J connectivity index is 2.40. The highest BCUT2D eigenvalue weighted by Crippen LogP contribution is 2.12. The van der Waals surface area contributed by atoms with Gasteiger partial charge in [0.1, 0.15) is 0 Å². The van der Waals surface area contributed by atoms with Crippen molar-refractivity contribution in [2.24, 2.45) is 0 Å². The third-order valence-corrected chi connectivity index (χ3v) is 2.66. The minimum atomic E-state index is -0.771. The second-order valence-electron chi connectivity index (χ2n) is 4.47. The summed E-state index contributed by atoms with van der Waals surface area (Å²) in [6, 6.07) is 0.0673.